The number of nitrogens with one attached hydrogen (secondary N) is 3. The SMILES string of the molecule is C.C.CCOC(=O)C(=O)Cl.CCOC(=O)C(=O)Nc1ccc(Br)cc1S(N)(=O)=O.CCOC(=O)C1=NS(=O)(=O)c2cc(Br)ccc2N1.I[I-]I(I)I.NCC(c1ccccc1)c1ccccc1.Nc1ccc(Br)cc1S(N)(=O)=O.O=C(CCC(c1ccccc1)c1ccccc1)C1=NS(=O)(=O)c2cc(Br)ccc2N1. The minimum absolute atomic E-state index is 0. The third kappa shape index (κ3) is 34.5. The molecule has 11 N–H and O–H groups in total. The van der Waals surface area contributed by atoms with E-state index in [1.165, 1.54) is 53.6 Å². The van der Waals surface area contributed by atoms with Crippen molar-refractivity contribution in [1.82, 2.24) is 0 Å². The van der Waals surface area contributed by atoms with Gasteiger partial charge in [-0.15, -0.1) is 8.80 Å². The zero-order chi connectivity index (χ0) is 79.8. The maximum atomic E-state index is 12.9. The molecule has 2 aliphatic rings. The molecule has 0 atom stereocenters. The van der Waals surface area contributed by atoms with Crippen molar-refractivity contribution in [3.05, 3.63) is 234 Å². The summed E-state index contributed by atoms with van der Waals surface area (Å²) < 4.78 is 116. The van der Waals surface area contributed by atoms with Crippen molar-refractivity contribution in [2.24, 2.45) is 24.8 Å². The first kappa shape index (κ1) is 100. The van der Waals surface area contributed by atoms with Gasteiger partial charge in [-0.05, 0) is 134 Å². The summed E-state index contributed by atoms with van der Waals surface area (Å²) in [7, 11) is -15.8. The van der Waals surface area contributed by atoms with Crippen molar-refractivity contribution in [3.8, 4) is 0 Å². The Morgan fingerprint density at radius 3 is 1.28 bits per heavy atom. The molecule has 0 saturated carbocycles. The first-order valence-electron chi connectivity index (χ1n) is 30.4. The number of hydrogen-bond donors (Lipinski definition) is 7. The van der Waals surface area contributed by atoms with E-state index in [1.54, 1.807) is 51.1 Å². The van der Waals surface area contributed by atoms with Crippen LogP contribution in [0, 0.1) is 0 Å². The van der Waals surface area contributed by atoms with Gasteiger partial charge in [0.25, 0.3) is 20.0 Å². The molecule has 592 valence electrons. The van der Waals surface area contributed by atoms with Crippen LogP contribution in [0.15, 0.2) is 240 Å². The van der Waals surface area contributed by atoms with Crippen LogP contribution in [-0.4, -0.2) is 107 Å². The van der Waals surface area contributed by atoms with Gasteiger partial charge in [0.1, 0.15) is 19.6 Å². The molecular weight excluding hydrogens is 2340 g/mol. The number of sulfonamides is 4. The smallest absolute Gasteiger partial charge is 0.286 e. The molecule has 0 aliphatic carbocycles. The van der Waals surface area contributed by atoms with Crippen molar-refractivity contribution < 1.29 is 89.9 Å². The summed E-state index contributed by atoms with van der Waals surface area (Å²) in [6.45, 7) is 5.77. The second-order valence-electron chi connectivity index (χ2n) is 20.8. The number of anilines is 4. The Labute approximate surface area is 715 Å². The van der Waals surface area contributed by atoms with Gasteiger partial charge in [-0.2, -0.15) is 16.8 Å². The number of rotatable bonds is 18. The fourth-order valence-electron chi connectivity index (χ4n) is 8.95. The molecule has 1 amide bonds. The quantitative estimate of drug-likeness (QED) is 0.0105. The number of nitrogens with two attached hydrogens (primary N) is 4. The molecule has 0 fully saturated rings. The van der Waals surface area contributed by atoms with Crippen molar-refractivity contribution in [3.63, 3.8) is 0 Å². The number of amides is 1. The third-order valence-electron chi connectivity index (χ3n) is 13.5. The van der Waals surface area contributed by atoms with E-state index in [9.17, 15) is 62.4 Å². The van der Waals surface area contributed by atoms with E-state index >= 15 is 0 Å². The second kappa shape index (κ2) is 49.8. The number of Topliss-reactive ketones (excluding diaryl/α,β-unsaturated/α-hetero) is 1. The van der Waals surface area contributed by atoms with Crippen LogP contribution in [0.25, 0.3) is 0 Å². The van der Waals surface area contributed by atoms with E-state index in [-0.39, 0.29) is 103 Å². The minimum Gasteiger partial charge on any atom is -0.398 e. The summed E-state index contributed by atoms with van der Waals surface area (Å²) in [5.41, 5.74) is 16.7. The van der Waals surface area contributed by atoms with Crippen LogP contribution in [0.4, 0.5) is 22.7 Å². The molecule has 0 spiro atoms. The largest absolute Gasteiger partial charge is 0.398 e. The van der Waals surface area contributed by atoms with Gasteiger partial charge in [0, 0.05) is 42.7 Å². The monoisotopic (exact) mass is 2410 g/mol. The van der Waals surface area contributed by atoms with Crippen LogP contribution in [0.5, 0.6) is 0 Å². The Bertz CT molecular complexity index is 4880. The van der Waals surface area contributed by atoms with E-state index in [2.05, 4.69) is 202 Å². The number of hydrogen-bond acceptors (Lipinski definition) is 21. The number of ketones is 1. The van der Waals surface area contributed by atoms with Crippen LogP contribution in [-0.2, 0) is 83.1 Å². The standard InChI is InChI=1S/C23H19BrN2O3S.C14H15N.C10H11BrN2O5S.C10H9BrN2O4S.C6H7BrN2O2S.C4H5ClO3.2CH4.I5/c24-18-11-13-20-22(15-18)30(28,29)26-23(25-20)21(27)14-12-19(16-7-3-1-4-8-16)17-9-5-2-6-10-17;15-11-14(12-7-3-1-4-8-12)13-9-5-2-6-10-13;1-2-18-10(15)9(14)13-7-4-3-6(11)5-8(7)19(12,16)17;1-2-17-10(14)9-12-7-4-3-6(11)5-8(7)18(15,16)13-9;7-4-1-2-5(8)6(3-4)12(9,10)11;1-2-8-4(7)3(5)6;;;1-4-5(2)3/h1-11,13,15,19H,12,14H2,(H,25,26);1-10,14H,11,15H2;3-5H,2H2,1H3,(H,13,14)(H2,12,16,17);3-5H,2H2,1H3,(H,12,13);1-3H,8H2,(H2,9,10,11);2H2,1H3;2*1H4;/q;;;;;;;;-1. The van der Waals surface area contributed by atoms with Crippen molar-refractivity contribution >= 4 is 248 Å². The number of nitrogen functional groups attached to an aromatic ring is 1. The van der Waals surface area contributed by atoms with Gasteiger partial charge in [-0.1, -0.05) is 200 Å². The van der Waals surface area contributed by atoms with Crippen LogP contribution >= 0.6 is 139 Å². The molecule has 26 nitrogen and oxygen atoms in total. The van der Waals surface area contributed by atoms with Gasteiger partial charge in [-0.3, -0.25) is 14.4 Å². The maximum absolute atomic E-state index is 12.9. The van der Waals surface area contributed by atoms with Crippen molar-refractivity contribution in [1.29, 1.82) is 0 Å². The number of fused-ring (bicyclic) bond motifs is 2. The minimum atomic E-state index is -4.04. The Kier molecular flexibility index (Phi) is 45.8. The Balaban J connectivity index is 0.000000454. The molecular formula is C69H74Br4ClI5N9O17S4-. The van der Waals surface area contributed by atoms with Crippen molar-refractivity contribution in [2.45, 2.75) is 79.9 Å². The second-order valence-corrected chi connectivity index (χ2v) is 96.0. The number of ether oxygens (including phenoxy) is 3. The Morgan fingerprint density at radius 2 is 0.908 bits per heavy atom. The zero-order valence-corrected chi connectivity index (χ0v) is 77.1. The number of esters is 3. The number of primary sulfonamides is 2. The maximum Gasteiger partial charge on any atom is 0.286 e. The molecule has 8 aromatic rings. The van der Waals surface area contributed by atoms with E-state index in [1.807, 2.05) is 72.8 Å². The molecule has 0 unspecified atom stereocenters. The summed E-state index contributed by atoms with van der Waals surface area (Å²) in [4.78, 5) is 66.5. The average molecular weight is 2420 g/mol. The number of carbonyl (C=O) groups excluding carboxylic acids is 6. The number of carbonyl (C=O) groups is 6. The predicted molar refractivity (Wildman–Crippen MR) is 472 cm³/mol. The first-order chi connectivity index (χ1) is 50.4. The van der Waals surface area contributed by atoms with Gasteiger partial charge in [-0.25, -0.2) is 41.5 Å². The summed E-state index contributed by atoms with van der Waals surface area (Å²) >= 11 is 25.7. The third-order valence-corrected chi connectivity index (χ3v) is 103. The molecule has 10 rings (SSSR count). The normalized spacial score (nSPS) is 12.5. The van der Waals surface area contributed by atoms with Crippen LogP contribution in [0.1, 0.15) is 82.6 Å². The Morgan fingerprint density at radius 1 is 0.550 bits per heavy atom. The van der Waals surface area contributed by atoms with E-state index in [0.717, 1.165) is 11.1 Å². The van der Waals surface area contributed by atoms with E-state index in [0.29, 0.717) is 61.4 Å². The van der Waals surface area contributed by atoms with Crippen molar-refractivity contribution in [2.75, 3.05) is 48.0 Å². The molecule has 0 aromatic heterocycles. The predicted octanol–water partition coefficient (Wildman–Crippen LogP) is 12.9. The van der Waals surface area contributed by atoms with Gasteiger partial charge < -0.3 is 41.6 Å². The fraction of sp³-hybridized carbons (Fsp3) is 0.188. The van der Waals surface area contributed by atoms with E-state index in [4.69, 9.17) is 38.1 Å². The van der Waals surface area contributed by atoms with Gasteiger partial charge >= 0.3 is 106 Å². The summed E-state index contributed by atoms with van der Waals surface area (Å²) in [5.74, 6) is -4.42. The number of amidine groups is 2. The molecule has 2 heterocycles. The number of nitrogens with zero attached hydrogens (tertiary/aromatic N) is 2. The van der Waals surface area contributed by atoms with Crippen LogP contribution in [0.3, 0.4) is 0 Å². The van der Waals surface area contributed by atoms with Gasteiger partial charge in [0.15, 0.2) is 11.6 Å². The molecule has 109 heavy (non-hydrogen) atoms. The first-order valence-corrected chi connectivity index (χ1v) is 65.1. The topological polar surface area (TPSA) is 432 Å². The molecule has 8 aromatic carbocycles. The molecule has 0 bridgehead atoms. The molecule has 0 radical (unpaired) electrons. The molecule has 0 saturated heterocycles. The fourth-order valence-corrected chi connectivity index (χ4v) is 14.7. The zero-order valence-electron chi connectivity index (χ0n) is 55.9. The summed E-state index contributed by atoms with van der Waals surface area (Å²) in [6.07, 6.45) is 0.711. The van der Waals surface area contributed by atoms with Gasteiger partial charge in [0.05, 0.1) is 42.6 Å². The van der Waals surface area contributed by atoms with Gasteiger partial charge in [0.2, 0.25) is 25.9 Å². The summed E-state index contributed by atoms with van der Waals surface area (Å²) in [6, 6.07) is 58.7. The van der Waals surface area contributed by atoms with E-state index < -0.39 is 69.2 Å². The van der Waals surface area contributed by atoms with Crippen LogP contribution in [0.2, 0.25) is 0 Å². The average Bonchev–Trinajstić information content (AvgIpc) is 0.781. The number of halogens is 10. The molecule has 2 aliphatic heterocycles. The summed E-state index contributed by atoms with van der Waals surface area (Å²) in [5, 5.41) is 16.5. The number of benzene rings is 8. The Hall–Kier alpha value is -4.74. The van der Waals surface area contributed by atoms with Crippen LogP contribution < -0.4 is 51.0 Å². The molecule has 40 heteroatoms.